The molecule has 0 saturated heterocycles. The van der Waals surface area contributed by atoms with Crippen LogP contribution in [0.2, 0.25) is 0 Å². The summed E-state index contributed by atoms with van der Waals surface area (Å²) in [4.78, 5) is 9.48. The first-order chi connectivity index (χ1) is 13.2. The van der Waals surface area contributed by atoms with Crippen LogP contribution in [0.15, 0.2) is 48.5 Å². The van der Waals surface area contributed by atoms with Gasteiger partial charge >= 0.3 is 0 Å². The van der Waals surface area contributed by atoms with Crippen LogP contribution >= 0.6 is 0 Å². The molecular weight excluding hydrogens is 332 g/mol. The molecule has 27 heavy (non-hydrogen) atoms. The Balaban J connectivity index is 1.91. The van der Waals surface area contributed by atoms with E-state index in [1.165, 1.54) is 11.1 Å². The van der Waals surface area contributed by atoms with E-state index in [4.69, 9.17) is 10.7 Å². The summed E-state index contributed by atoms with van der Waals surface area (Å²) in [5.41, 5.74) is 11.8. The van der Waals surface area contributed by atoms with E-state index in [9.17, 15) is 0 Å². The van der Waals surface area contributed by atoms with Gasteiger partial charge in [0, 0.05) is 18.4 Å². The summed E-state index contributed by atoms with van der Waals surface area (Å²) in [6.07, 6.45) is 4.26. The minimum atomic E-state index is 0.515. The molecule has 138 valence electrons. The van der Waals surface area contributed by atoms with Crippen molar-refractivity contribution in [3.8, 4) is 0 Å². The van der Waals surface area contributed by atoms with E-state index in [-0.39, 0.29) is 0 Å². The maximum atomic E-state index is 6.28. The second kappa shape index (κ2) is 7.39. The third-order valence-electron chi connectivity index (χ3n) is 5.22. The lowest BCUT2D eigenvalue weighted by atomic mass is 10.1. The molecule has 2 heterocycles. The molecule has 0 atom stereocenters. The predicted molar refractivity (Wildman–Crippen MR) is 113 cm³/mol. The molecule has 0 aliphatic rings. The molecule has 0 aliphatic heterocycles. The molecule has 0 fully saturated rings. The molecule has 0 saturated carbocycles. The number of para-hydroxylation sites is 1. The number of aromatic nitrogens is 3. The van der Waals surface area contributed by atoms with Crippen LogP contribution in [0.3, 0.4) is 0 Å². The number of imidazole rings is 1. The summed E-state index contributed by atoms with van der Waals surface area (Å²) in [6, 6.07) is 17.1. The van der Waals surface area contributed by atoms with Crippen molar-refractivity contribution < 1.29 is 0 Å². The van der Waals surface area contributed by atoms with Gasteiger partial charge in [0.1, 0.15) is 11.3 Å². The van der Waals surface area contributed by atoms with Crippen molar-refractivity contribution in [3.63, 3.8) is 0 Å². The summed E-state index contributed by atoms with van der Waals surface area (Å²) in [7, 11) is 0. The minimum Gasteiger partial charge on any atom is -0.382 e. The fraction of sp³-hybridized carbons (Fsp3) is 0.304. The zero-order valence-corrected chi connectivity index (χ0v) is 16.1. The molecule has 0 amide bonds. The average Bonchev–Trinajstić information content (AvgIpc) is 3.06. The molecule has 0 aliphatic carbocycles. The maximum absolute atomic E-state index is 6.28. The minimum absolute atomic E-state index is 0.515. The summed E-state index contributed by atoms with van der Waals surface area (Å²) in [5.74, 6) is 1.61. The average molecular weight is 358 g/mol. The number of fused-ring (bicyclic) bond motifs is 3. The number of hydrogen-bond acceptors (Lipinski definition) is 3. The van der Waals surface area contributed by atoms with E-state index < -0.39 is 0 Å². The van der Waals surface area contributed by atoms with Crippen molar-refractivity contribution in [1.29, 1.82) is 0 Å². The molecule has 0 bridgehead atoms. The van der Waals surface area contributed by atoms with E-state index in [2.05, 4.69) is 59.8 Å². The number of aryl methyl sites for hydroxylation is 2. The topological polar surface area (TPSA) is 56.7 Å². The molecule has 2 aromatic carbocycles. The van der Waals surface area contributed by atoms with Crippen molar-refractivity contribution in [2.45, 2.75) is 46.1 Å². The van der Waals surface area contributed by atoms with E-state index >= 15 is 0 Å². The van der Waals surface area contributed by atoms with Gasteiger partial charge in [0.15, 0.2) is 5.82 Å². The van der Waals surface area contributed by atoms with Gasteiger partial charge in [-0.1, -0.05) is 62.7 Å². The summed E-state index contributed by atoms with van der Waals surface area (Å²) >= 11 is 0. The Morgan fingerprint density at radius 3 is 2.41 bits per heavy atom. The molecule has 4 rings (SSSR count). The van der Waals surface area contributed by atoms with Crippen LogP contribution in [-0.2, 0) is 19.4 Å². The van der Waals surface area contributed by atoms with E-state index in [0.717, 1.165) is 60.0 Å². The first-order valence-electron chi connectivity index (χ1n) is 9.82. The Kier molecular flexibility index (Phi) is 4.80. The SMILES string of the molecule is CCCCc1nc2c(N)nc3ccccc3c2n1Cc1ccc(CC)cc1. The van der Waals surface area contributed by atoms with Crippen LogP contribution in [0.25, 0.3) is 21.9 Å². The quantitative estimate of drug-likeness (QED) is 0.520. The molecule has 0 unspecified atom stereocenters. The van der Waals surface area contributed by atoms with E-state index in [0.29, 0.717) is 5.82 Å². The Labute approximate surface area is 160 Å². The monoisotopic (exact) mass is 358 g/mol. The van der Waals surface area contributed by atoms with Gasteiger partial charge in [-0.3, -0.25) is 0 Å². The van der Waals surface area contributed by atoms with Crippen LogP contribution in [0, 0.1) is 0 Å². The number of benzene rings is 2. The highest BCUT2D eigenvalue weighted by molar-refractivity contribution is 6.06. The number of nitrogen functional groups attached to an aromatic ring is 1. The van der Waals surface area contributed by atoms with Gasteiger partial charge in [-0.25, -0.2) is 9.97 Å². The highest BCUT2D eigenvalue weighted by atomic mass is 15.1. The molecule has 4 nitrogen and oxygen atoms in total. The summed E-state index contributed by atoms with van der Waals surface area (Å²) < 4.78 is 2.34. The standard InChI is InChI=1S/C23H26N4/c1-3-5-10-20-26-21-22(18-8-6-7-9-19(18)25-23(21)24)27(20)15-17-13-11-16(4-2)12-14-17/h6-9,11-14H,3-5,10,15H2,1-2H3,(H2,24,25). The van der Waals surface area contributed by atoms with Crippen LogP contribution in [-0.4, -0.2) is 14.5 Å². The Morgan fingerprint density at radius 1 is 0.926 bits per heavy atom. The predicted octanol–water partition coefficient (Wildman–Crippen LogP) is 5.12. The van der Waals surface area contributed by atoms with Gasteiger partial charge in [-0.2, -0.15) is 0 Å². The van der Waals surface area contributed by atoms with Crippen molar-refractivity contribution in [1.82, 2.24) is 14.5 Å². The third kappa shape index (κ3) is 3.27. The molecular formula is C23H26N4. The fourth-order valence-corrected chi connectivity index (χ4v) is 3.66. The Bertz CT molecular complexity index is 1080. The molecule has 2 aromatic heterocycles. The van der Waals surface area contributed by atoms with Gasteiger partial charge in [-0.05, 0) is 30.0 Å². The number of anilines is 1. The molecule has 4 aromatic rings. The zero-order chi connectivity index (χ0) is 18.8. The number of rotatable bonds is 6. The third-order valence-corrected chi connectivity index (χ3v) is 5.22. The number of pyridine rings is 1. The number of nitrogens with two attached hydrogens (primary N) is 1. The first-order valence-corrected chi connectivity index (χ1v) is 9.82. The summed E-state index contributed by atoms with van der Waals surface area (Å²) in [5, 5.41) is 1.11. The van der Waals surface area contributed by atoms with Gasteiger partial charge in [0.2, 0.25) is 0 Å². The normalized spacial score (nSPS) is 11.5. The number of hydrogen-bond donors (Lipinski definition) is 1. The van der Waals surface area contributed by atoms with Crippen LogP contribution in [0.4, 0.5) is 5.82 Å². The van der Waals surface area contributed by atoms with Crippen molar-refractivity contribution in [3.05, 3.63) is 65.5 Å². The largest absolute Gasteiger partial charge is 0.382 e. The Hall–Kier alpha value is -2.88. The Morgan fingerprint density at radius 2 is 1.67 bits per heavy atom. The van der Waals surface area contributed by atoms with Crippen molar-refractivity contribution >= 4 is 27.8 Å². The van der Waals surface area contributed by atoms with E-state index in [1.807, 2.05) is 12.1 Å². The van der Waals surface area contributed by atoms with Crippen LogP contribution in [0.1, 0.15) is 43.6 Å². The maximum Gasteiger partial charge on any atom is 0.152 e. The molecule has 0 radical (unpaired) electrons. The lowest BCUT2D eigenvalue weighted by Gasteiger charge is -2.11. The molecule has 2 N–H and O–H groups in total. The van der Waals surface area contributed by atoms with Crippen molar-refractivity contribution in [2.24, 2.45) is 0 Å². The van der Waals surface area contributed by atoms with E-state index in [1.54, 1.807) is 0 Å². The van der Waals surface area contributed by atoms with Gasteiger partial charge in [0.05, 0.1) is 11.0 Å². The second-order valence-corrected chi connectivity index (χ2v) is 7.10. The smallest absolute Gasteiger partial charge is 0.152 e. The number of nitrogens with zero attached hydrogens (tertiary/aromatic N) is 3. The van der Waals surface area contributed by atoms with Crippen LogP contribution < -0.4 is 5.73 Å². The zero-order valence-electron chi connectivity index (χ0n) is 16.1. The first kappa shape index (κ1) is 17.5. The second-order valence-electron chi connectivity index (χ2n) is 7.10. The van der Waals surface area contributed by atoms with Gasteiger partial charge in [-0.15, -0.1) is 0 Å². The van der Waals surface area contributed by atoms with Gasteiger partial charge in [0.25, 0.3) is 0 Å². The lowest BCUT2D eigenvalue weighted by molar-refractivity contribution is 0.690. The highest BCUT2D eigenvalue weighted by Gasteiger charge is 2.17. The van der Waals surface area contributed by atoms with Gasteiger partial charge < -0.3 is 10.3 Å². The fourth-order valence-electron chi connectivity index (χ4n) is 3.66. The lowest BCUT2D eigenvalue weighted by Crippen LogP contribution is -2.06. The summed E-state index contributed by atoms with van der Waals surface area (Å²) in [6.45, 7) is 5.19. The van der Waals surface area contributed by atoms with Crippen LogP contribution in [0.5, 0.6) is 0 Å². The highest BCUT2D eigenvalue weighted by Crippen LogP contribution is 2.30. The number of unbranched alkanes of at least 4 members (excludes halogenated alkanes) is 1. The van der Waals surface area contributed by atoms with Crippen molar-refractivity contribution in [2.75, 3.05) is 5.73 Å². The molecule has 0 spiro atoms. The molecule has 4 heteroatoms.